The van der Waals surface area contributed by atoms with Crippen LogP contribution >= 0.6 is 11.6 Å². The fourth-order valence-corrected chi connectivity index (χ4v) is 1.08. The summed E-state index contributed by atoms with van der Waals surface area (Å²) >= 11 is 5.70. The summed E-state index contributed by atoms with van der Waals surface area (Å²) in [6.07, 6.45) is 0. The van der Waals surface area contributed by atoms with Gasteiger partial charge in [-0.05, 0) is 23.8 Å². The number of hydrogen-bond donors (Lipinski definition) is 3. The van der Waals surface area contributed by atoms with Crippen molar-refractivity contribution >= 4 is 17.3 Å². The minimum Gasteiger partial charge on any atom is -0.392 e. The minimum atomic E-state index is -0.0325. The summed E-state index contributed by atoms with van der Waals surface area (Å²) in [6.45, 7) is -0.0325. The highest BCUT2D eigenvalue weighted by Gasteiger charge is 1.96. The molecule has 0 radical (unpaired) electrons. The molecule has 0 bridgehead atoms. The number of benzene rings is 1. The molecule has 1 aromatic rings. The summed E-state index contributed by atoms with van der Waals surface area (Å²) in [7, 11) is 0. The molecule has 4 N–H and O–H groups in total. The van der Waals surface area contributed by atoms with Crippen molar-refractivity contribution in [2.45, 2.75) is 6.61 Å². The van der Waals surface area contributed by atoms with Crippen LogP contribution in [0.2, 0.25) is 5.02 Å². The van der Waals surface area contributed by atoms with Crippen molar-refractivity contribution in [1.29, 1.82) is 0 Å². The van der Waals surface area contributed by atoms with E-state index in [4.69, 9.17) is 22.6 Å². The zero-order valence-corrected chi connectivity index (χ0v) is 6.60. The number of hydrazine groups is 1. The molecule has 0 atom stereocenters. The molecule has 0 heterocycles. The highest BCUT2D eigenvalue weighted by atomic mass is 35.5. The van der Waals surface area contributed by atoms with Gasteiger partial charge in [0.05, 0.1) is 12.3 Å². The number of nitrogens with two attached hydrogens (primary N) is 1. The van der Waals surface area contributed by atoms with E-state index in [1.165, 1.54) is 0 Å². The van der Waals surface area contributed by atoms with E-state index in [9.17, 15) is 0 Å². The molecule has 0 aliphatic rings. The van der Waals surface area contributed by atoms with Crippen molar-refractivity contribution in [2.75, 3.05) is 5.43 Å². The molecule has 0 amide bonds. The van der Waals surface area contributed by atoms with Gasteiger partial charge in [-0.25, -0.2) is 0 Å². The summed E-state index contributed by atoms with van der Waals surface area (Å²) in [5.41, 5.74) is 3.88. The van der Waals surface area contributed by atoms with E-state index < -0.39 is 0 Å². The van der Waals surface area contributed by atoms with Gasteiger partial charge in [-0.1, -0.05) is 11.6 Å². The van der Waals surface area contributed by atoms with E-state index in [1.54, 1.807) is 18.2 Å². The monoisotopic (exact) mass is 172 g/mol. The fourth-order valence-electron chi connectivity index (χ4n) is 0.825. The Morgan fingerprint density at radius 1 is 1.45 bits per heavy atom. The van der Waals surface area contributed by atoms with E-state index in [2.05, 4.69) is 5.43 Å². The average molecular weight is 173 g/mol. The van der Waals surface area contributed by atoms with E-state index in [1.807, 2.05) is 0 Å². The standard InChI is InChI=1S/C7H9ClN2O/c8-6-1-5(4-11)2-7(3-6)10-9/h1-3,10-11H,4,9H2. The molecule has 0 saturated carbocycles. The van der Waals surface area contributed by atoms with Gasteiger partial charge in [0, 0.05) is 5.02 Å². The molecular formula is C7H9ClN2O. The molecule has 3 nitrogen and oxygen atoms in total. The molecule has 0 aromatic heterocycles. The summed E-state index contributed by atoms with van der Waals surface area (Å²) in [5, 5.41) is 9.31. The van der Waals surface area contributed by atoms with E-state index >= 15 is 0 Å². The Hall–Kier alpha value is -0.770. The highest BCUT2D eigenvalue weighted by molar-refractivity contribution is 6.30. The van der Waals surface area contributed by atoms with Crippen LogP contribution < -0.4 is 11.3 Å². The molecule has 0 saturated heterocycles. The fraction of sp³-hybridized carbons (Fsp3) is 0.143. The number of rotatable bonds is 2. The van der Waals surface area contributed by atoms with Crippen LogP contribution in [-0.4, -0.2) is 5.11 Å². The summed E-state index contributed by atoms with van der Waals surface area (Å²) < 4.78 is 0. The Morgan fingerprint density at radius 2 is 2.18 bits per heavy atom. The molecule has 0 fully saturated rings. The van der Waals surface area contributed by atoms with Crippen LogP contribution in [-0.2, 0) is 6.61 Å². The van der Waals surface area contributed by atoms with Crippen molar-refractivity contribution in [3.8, 4) is 0 Å². The number of aliphatic hydroxyl groups excluding tert-OH is 1. The first-order valence-corrected chi connectivity index (χ1v) is 3.51. The van der Waals surface area contributed by atoms with Gasteiger partial charge in [-0.2, -0.15) is 0 Å². The predicted octanol–water partition coefficient (Wildman–Crippen LogP) is 1.12. The molecule has 0 spiro atoms. The van der Waals surface area contributed by atoms with Gasteiger partial charge in [0.1, 0.15) is 0 Å². The van der Waals surface area contributed by atoms with E-state index in [0.717, 1.165) is 5.56 Å². The number of nitrogens with one attached hydrogen (secondary N) is 1. The molecule has 11 heavy (non-hydrogen) atoms. The Labute approximate surface area is 69.8 Å². The molecule has 60 valence electrons. The number of anilines is 1. The van der Waals surface area contributed by atoms with Crippen molar-refractivity contribution in [1.82, 2.24) is 0 Å². The van der Waals surface area contributed by atoms with Gasteiger partial charge in [-0.15, -0.1) is 0 Å². The van der Waals surface area contributed by atoms with Crippen LogP contribution in [0.4, 0.5) is 5.69 Å². The molecule has 1 aromatic carbocycles. The van der Waals surface area contributed by atoms with Crippen LogP contribution in [0.25, 0.3) is 0 Å². The second-order valence-corrected chi connectivity index (χ2v) is 2.59. The molecule has 4 heteroatoms. The lowest BCUT2D eigenvalue weighted by atomic mass is 10.2. The third-order valence-corrected chi connectivity index (χ3v) is 1.53. The third kappa shape index (κ3) is 2.08. The van der Waals surface area contributed by atoms with Crippen LogP contribution in [0, 0.1) is 0 Å². The SMILES string of the molecule is NNc1cc(Cl)cc(CO)c1. The van der Waals surface area contributed by atoms with E-state index in [-0.39, 0.29) is 6.61 Å². The van der Waals surface area contributed by atoms with Gasteiger partial charge < -0.3 is 10.5 Å². The number of halogens is 1. The second kappa shape index (κ2) is 3.57. The summed E-state index contributed by atoms with van der Waals surface area (Å²) in [4.78, 5) is 0. The number of hydrogen-bond acceptors (Lipinski definition) is 3. The number of aliphatic hydroxyl groups is 1. The normalized spacial score (nSPS) is 9.73. The first kappa shape index (κ1) is 8.33. The maximum atomic E-state index is 8.75. The van der Waals surface area contributed by atoms with Crippen molar-refractivity contribution in [2.24, 2.45) is 5.84 Å². The van der Waals surface area contributed by atoms with Crippen molar-refractivity contribution < 1.29 is 5.11 Å². The molecular weight excluding hydrogens is 164 g/mol. The van der Waals surface area contributed by atoms with Gasteiger partial charge in [0.25, 0.3) is 0 Å². The topological polar surface area (TPSA) is 58.3 Å². The Bertz CT molecular complexity index is 230. The smallest absolute Gasteiger partial charge is 0.0683 e. The van der Waals surface area contributed by atoms with Crippen molar-refractivity contribution in [3.05, 3.63) is 28.8 Å². The van der Waals surface area contributed by atoms with Crippen LogP contribution in [0.15, 0.2) is 18.2 Å². The molecule has 0 unspecified atom stereocenters. The zero-order valence-electron chi connectivity index (χ0n) is 5.84. The van der Waals surface area contributed by atoms with Crippen LogP contribution in [0.3, 0.4) is 0 Å². The van der Waals surface area contributed by atoms with Crippen LogP contribution in [0.1, 0.15) is 5.56 Å². The lowest BCUT2D eigenvalue weighted by Gasteiger charge is -2.02. The number of nitrogen functional groups attached to an aromatic ring is 1. The quantitative estimate of drug-likeness (QED) is 0.463. The lowest BCUT2D eigenvalue weighted by molar-refractivity contribution is 0.282. The Kier molecular flexibility index (Phi) is 2.70. The van der Waals surface area contributed by atoms with E-state index in [0.29, 0.717) is 10.7 Å². The van der Waals surface area contributed by atoms with Gasteiger partial charge in [0.15, 0.2) is 0 Å². The molecule has 1 rings (SSSR count). The third-order valence-electron chi connectivity index (χ3n) is 1.31. The predicted molar refractivity (Wildman–Crippen MR) is 45.2 cm³/mol. The minimum absolute atomic E-state index is 0.0325. The molecule has 0 aliphatic heterocycles. The Morgan fingerprint density at radius 3 is 2.73 bits per heavy atom. The van der Waals surface area contributed by atoms with Gasteiger partial charge in [0.2, 0.25) is 0 Å². The Balaban J connectivity index is 3.02. The average Bonchev–Trinajstić information content (AvgIpc) is 2.03. The lowest BCUT2D eigenvalue weighted by Crippen LogP contribution is -2.06. The summed E-state index contributed by atoms with van der Waals surface area (Å²) in [5.74, 6) is 5.15. The van der Waals surface area contributed by atoms with Gasteiger partial charge >= 0.3 is 0 Å². The van der Waals surface area contributed by atoms with Crippen molar-refractivity contribution in [3.63, 3.8) is 0 Å². The first-order valence-electron chi connectivity index (χ1n) is 3.13. The highest BCUT2D eigenvalue weighted by Crippen LogP contribution is 2.17. The largest absolute Gasteiger partial charge is 0.392 e. The summed E-state index contributed by atoms with van der Waals surface area (Å²) in [6, 6.07) is 5.09. The second-order valence-electron chi connectivity index (χ2n) is 2.15. The van der Waals surface area contributed by atoms with Crippen LogP contribution in [0.5, 0.6) is 0 Å². The molecule has 0 aliphatic carbocycles. The maximum Gasteiger partial charge on any atom is 0.0683 e. The van der Waals surface area contributed by atoms with Gasteiger partial charge in [-0.3, -0.25) is 5.84 Å². The maximum absolute atomic E-state index is 8.75. The first-order chi connectivity index (χ1) is 5.26. The zero-order chi connectivity index (χ0) is 8.27.